The number of hydrogen-bond acceptors (Lipinski definition) is 2. The van der Waals surface area contributed by atoms with Gasteiger partial charge in [-0.05, 0) is 35.9 Å². The number of fused-ring (bicyclic) bond motifs is 1. The van der Waals surface area contributed by atoms with Crippen molar-refractivity contribution >= 4 is 39.1 Å². The fraction of sp³-hybridized carbons (Fsp3) is 0.0588. The third-order valence-electron chi connectivity index (χ3n) is 3.31. The highest BCUT2D eigenvalue weighted by Crippen LogP contribution is 2.13. The summed E-state index contributed by atoms with van der Waals surface area (Å²) in [4.78, 5) is 16.7. The summed E-state index contributed by atoms with van der Waals surface area (Å²) in [6, 6.07) is 15.5. The summed E-state index contributed by atoms with van der Waals surface area (Å²) < 4.78 is 2.66. The van der Waals surface area contributed by atoms with Crippen molar-refractivity contribution in [3.63, 3.8) is 0 Å². The van der Waals surface area contributed by atoms with Gasteiger partial charge in [0, 0.05) is 11.5 Å². The van der Waals surface area contributed by atoms with E-state index in [2.05, 4.69) is 20.9 Å². The van der Waals surface area contributed by atoms with Crippen LogP contribution in [0.3, 0.4) is 0 Å². The summed E-state index contributed by atoms with van der Waals surface area (Å²) in [6.45, 7) is 0. The molecule has 21 heavy (non-hydrogen) atoms. The van der Waals surface area contributed by atoms with Gasteiger partial charge in [0.25, 0.3) is 5.56 Å². The van der Waals surface area contributed by atoms with E-state index in [1.165, 1.54) is 0 Å². The Morgan fingerprint density at radius 3 is 2.52 bits per heavy atom. The van der Waals surface area contributed by atoms with Crippen molar-refractivity contribution in [2.24, 2.45) is 7.05 Å². The minimum Gasteiger partial charge on any atom is -0.308 e. The van der Waals surface area contributed by atoms with Gasteiger partial charge in [-0.25, -0.2) is 4.98 Å². The molecule has 2 aromatic carbocycles. The monoisotopic (exact) mass is 340 g/mol. The van der Waals surface area contributed by atoms with Gasteiger partial charge in [0.05, 0.1) is 11.0 Å². The maximum Gasteiger partial charge on any atom is 0.276 e. The van der Waals surface area contributed by atoms with E-state index in [0.717, 1.165) is 21.1 Å². The summed E-state index contributed by atoms with van der Waals surface area (Å²) in [6.07, 6.45) is 3.66. The van der Waals surface area contributed by atoms with E-state index in [9.17, 15) is 4.79 Å². The van der Waals surface area contributed by atoms with Crippen molar-refractivity contribution in [3.8, 4) is 0 Å². The molecule has 3 nitrogen and oxygen atoms in total. The molecule has 0 aliphatic heterocycles. The molecule has 0 radical (unpaired) electrons. The lowest BCUT2D eigenvalue weighted by Crippen LogP contribution is -2.21. The average molecular weight is 341 g/mol. The Morgan fingerprint density at radius 2 is 1.76 bits per heavy atom. The summed E-state index contributed by atoms with van der Waals surface area (Å²) >= 11 is 3.40. The first-order valence-electron chi connectivity index (χ1n) is 6.54. The molecule has 0 N–H and O–H groups in total. The van der Waals surface area contributed by atoms with Crippen molar-refractivity contribution < 1.29 is 0 Å². The maximum absolute atomic E-state index is 12.3. The molecule has 104 valence electrons. The fourth-order valence-electron chi connectivity index (χ4n) is 2.16. The summed E-state index contributed by atoms with van der Waals surface area (Å²) in [5.74, 6) is 0. The minimum absolute atomic E-state index is 0.0953. The predicted octanol–water partition coefficient (Wildman–Crippen LogP) is 3.87. The van der Waals surface area contributed by atoms with Gasteiger partial charge in [-0.15, -0.1) is 0 Å². The molecule has 0 bridgehead atoms. The molecule has 0 unspecified atom stereocenters. The van der Waals surface area contributed by atoms with Gasteiger partial charge in [-0.2, -0.15) is 0 Å². The summed E-state index contributed by atoms with van der Waals surface area (Å²) in [5.41, 5.74) is 3.02. The van der Waals surface area contributed by atoms with Crippen LogP contribution in [0.15, 0.2) is 57.8 Å². The number of nitrogens with zero attached hydrogens (tertiary/aromatic N) is 2. The van der Waals surface area contributed by atoms with E-state index in [1.807, 2.05) is 54.6 Å². The van der Waals surface area contributed by atoms with E-state index in [4.69, 9.17) is 0 Å². The van der Waals surface area contributed by atoms with Crippen LogP contribution in [0, 0.1) is 0 Å². The lowest BCUT2D eigenvalue weighted by molar-refractivity contribution is 0.887. The maximum atomic E-state index is 12.3. The van der Waals surface area contributed by atoms with Crippen molar-refractivity contribution in [1.29, 1.82) is 0 Å². The Hall–Kier alpha value is -2.20. The molecule has 0 aliphatic rings. The summed E-state index contributed by atoms with van der Waals surface area (Å²) in [7, 11) is 1.77. The van der Waals surface area contributed by atoms with Crippen molar-refractivity contribution in [3.05, 3.63) is 74.6 Å². The van der Waals surface area contributed by atoms with Crippen LogP contribution >= 0.6 is 15.9 Å². The SMILES string of the molecule is Cn1c(=O)c(/C=C/c2ccc(Br)cc2)nc2ccccc21. The highest BCUT2D eigenvalue weighted by atomic mass is 79.9. The number of aromatic nitrogens is 2. The molecule has 4 heteroatoms. The Bertz CT molecular complexity index is 879. The van der Waals surface area contributed by atoms with Crippen LogP contribution < -0.4 is 5.56 Å². The molecular weight excluding hydrogens is 328 g/mol. The number of hydrogen-bond donors (Lipinski definition) is 0. The molecule has 0 saturated heterocycles. The molecule has 0 amide bonds. The first-order chi connectivity index (χ1) is 10.1. The smallest absolute Gasteiger partial charge is 0.276 e. The quantitative estimate of drug-likeness (QED) is 0.709. The Morgan fingerprint density at radius 1 is 1.05 bits per heavy atom. The van der Waals surface area contributed by atoms with E-state index in [0.29, 0.717) is 5.69 Å². The van der Waals surface area contributed by atoms with Crippen LogP contribution in [0.2, 0.25) is 0 Å². The average Bonchev–Trinajstić information content (AvgIpc) is 2.51. The second-order valence-electron chi connectivity index (χ2n) is 4.73. The lowest BCUT2D eigenvalue weighted by Gasteiger charge is -2.05. The van der Waals surface area contributed by atoms with E-state index >= 15 is 0 Å². The van der Waals surface area contributed by atoms with Gasteiger partial charge in [-0.3, -0.25) is 4.79 Å². The molecule has 0 spiro atoms. The van der Waals surface area contributed by atoms with Crippen LogP contribution in [0.5, 0.6) is 0 Å². The number of rotatable bonds is 2. The second kappa shape index (κ2) is 5.66. The van der Waals surface area contributed by atoms with Crippen LogP contribution in [0.4, 0.5) is 0 Å². The highest BCUT2D eigenvalue weighted by Gasteiger charge is 2.05. The van der Waals surface area contributed by atoms with Crippen LogP contribution in [-0.2, 0) is 7.05 Å². The molecule has 3 rings (SSSR count). The molecular formula is C17H13BrN2O. The van der Waals surface area contributed by atoms with Crippen molar-refractivity contribution in [2.45, 2.75) is 0 Å². The molecule has 0 aliphatic carbocycles. The van der Waals surface area contributed by atoms with E-state index in [-0.39, 0.29) is 5.56 Å². The Labute approximate surface area is 130 Å². The third-order valence-corrected chi connectivity index (χ3v) is 3.84. The van der Waals surface area contributed by atoms with E-state index in [1.54, 1.807) is 17.7 Å². The van der Waals surface area contributed by atoms with Gasteiger partial charge in [0.2, 0.25) is 0 Å². The van der Waals surface area contributed by atoms with Crippen LogP contribution in [0.1, 0.15) is 11.3 Å². The number of aryl methyl sites for hydroxylation is 1. The molecule has 0 fully saturated rings. The lowest BCUT2D eigenvalue weighted by atomic mass is 10.2. The van der Waals surface area contributed by atoms with Crippen molar-refractivity contribution in [1.82, 2.24) is 9.55 Å². The first-order valence-corrected chi connectivity index (χ1v) is 7.34. The molecule has 0 saturated carbocycles. The van der Waals surface area contributed by atoms with Crippen molar-refractivity contribution in [2.75, 3.05) is 0 Å². The second-order valence-corrected chi connectivity index (χ2v) is 5.65. The topological polar surface area (TPSA) is 34.9 Å². The molecule has 3 aromatic rings. The largest absolute Gasteiger partial charge is 0.308 e. The van der Waals surface area contributed by atoms with E-state index < -0.39 is 0 Å². The van der Waals surface area contributed by atoms with Crippen LogP contribution in [0.25, 0.3) is 23.2 Å². The predicted molar refractivity (Wildman–Crippen MR) is 90.1 cm³/mol. The van der Waals surface area contributed by atoms with Gasteiger partial charge in [0.1, 0.15) is 5.69 Å². The standard InChI is InChI=1S/C17H13BrN2O/c1-20-16-5-3-2-4-14(16)19-15(17(20)21)11-8-12-6-9-13(18)10-7-12/h2-11H,1H3/b11-8+. The zero-order valence-electron chi connectivity index (χ0n) is 11.5. The number of benzene rings is 2. The summed E-state index contributed by atoms with van der Waals surface area (Å²) in [5, 5.41) is 0. The zero-order valence-corrected chi connectivity index (χ0v) is 13.0. The van der Waals surface area contributed by atoms with Crippen LogP contribution in [-0.4, -0.2) is 9.55 Å². The molecule has 0 atom stereocenters. The Balaban J connectivity index is 2.06. The number of halogens is 1. The van der Waals surface area contributed by atoms with Gasteiger partial charge in [0.15, 0.2) is 0 Å². The Kier molecular flexibility index (Phi) is 3.71. The zero-order chi connectivity index (χ0) is 14.8. The fourth-order valence-corrected chi connectivity index (χ4v) is 2.42. The third kappa shape index (κ3) is 2.81. The molecule has 1 heterocycles. The number of para-hydroxylation sites is 2. The van der Waals surface area contributed by atoms with Gasteiger partial charge >= 0.3 is 0 Å². The highest BCUT2D eigenvalue weighted by molar-refractivity contribution is 9.10. The van der Waals surface area contributed by atoms with Gasteiger partial charge in [-0.1, -0.05) is 46.3 Å². The first kappa shape index (κ1) is 13.8. The van der Waals surface area contributed by atoms with Gasteiger partial charge < -0.3 is 4.57 Å². The molecule has 1 aromatic heterocycles. The normalized spacial score (nSPS) is 11.3. The minimum atomic E-state index is -0.0953.